The van der Waals surface area contributed by atoms with E-state index in [0.29, 0.717) is 35.4 Å². The van der Waals surface area contributed by atoms with Gasteiger partial charge in [-0.2, -0.15) is 4.31 Å². The Morgan fingerprint density at radius 3 is 2.52 bits per heavy atom. The number of piperidine rings is 1. The van der Waals surface area contributed by atoms with Crippen LogP contribution in [0.5, 0.6) is 0 Å². The highest BCUT2D eigenvalue weighted by molar-refractivity contribution is 7.89. The third kappa shape index (κ3) is 4.05. The fourth-order valence-electron chi connectivity index (χ4n) is 3.28. The Bertz CT molecular complexity index is 961. The predicted molar refractivity (Wildman–Crippen MR) is 107 cm³/mol. The van der Waals surface area contributed by atoms with Crippen LogP contribution in [-0.4, -0.2) is 36.3 Å². The number of rotatable bonds is 4. The van der Waals surface area contributed by atoms with Crippen LogP contribution in [0, 0.1) is 12.8 Å². The molecule has 0 aliphatic carbocycles. The first kappa shape index (κ1) is 19.9. The molecular weight excluding hydrogens is 386 g/mol. The molecule has 146 valence electrons. The topological polar surface area (TPSA) is 71.4 Å². The molecule has 0 bridgehead atoms. The van der Waals surface area contributed by atoms with Gasteiger partial charge >= 0.3 is 0 Å². The van der Waals surface area contributed by atoms with Gasteiger partial charge in [0.2, 0.25) is 10.0 Å². The predicted octanol–water partition coefficient (Wildman–Crippen LogP) is 3.66. The van der Waals surface area contributed by atoms with Crippen LogP contribution >= 0.6 is 11.6 Å². The highest BCUT2D eigenvalue weighted by Crippen LogP contribution is 2.27. The molecule has 1 saturated heterocycles. The molecule has 3 rings (SSSR count). The summed E-state index contributed by atoms with van der Waals surface area (Å²) in [4.78, 5) is 12.9. The van der Waals surface area contributed by atoms with Gasteiger partial charge in [-0.3, -0.25) is 4.79 Å². The Morgan fingerprint density at radius 2 is 1.89 bits per heavy atom. The number of aromatic nitrogens is 1. The van der Waals surface area contributed by atoms with E-state index in [2.05, 4.69) is 12.2 Å². The molecule has 0 radical (unpaired) electrons. The minimum Gasteiger partial charge on any atom is -0.343 e. The minimum absolute atomic E-state index is 0.191. The lowest BCUT2D eigenvalue weighted by atomic mass is 10.0. The summed E-state index contributed by atoms with van der Waals surface area (Å²) in [5.74, 6) is 0.156. The number of nitrogens with one attached hydrogen (secondary N) is 1. The zero-order valence-electron chi connectivity index (χ0n) is 15.7. The number of nitrogens with zero attached hydrogens (tertiary/aromatic N) is 2. The first-order chi connectivity index (χ1) is 12.7. The zero-order chi connectivity index (χ0) is 19.8. The third-order valence-corrected chi connectivity index (χ3v) is 7.41. The van der Waals surface area contributed by atoms with Crippen LogP contribution in [-0.2, 0) is 17.1 Å². The van der Waals surface area contributed by atoms with Crippen molar-refractivity contribution >= 4 is 33.2 Å². The molecule has 2 aromatic rings. The molecule has 1 fully saturated rings. The van der Waals surface area contributed by atoms with Gasteiger partial charge in [0.1, 0.15) is 10.6 Å². The van der Waals surface area contributed by atoms with E-state index in [1.165, 1.54) is 10.4 Å². The van der Waals surface area contributed by atoms with E-state index in [1.54, 1.807) is 42.8 Å². The Labute approximate surface area is 165 Å². The number of halogens is 1. The standard InChI is InChI=1S/C19H24ClN3O3S/c1-13-7-9-23(10-8-13)27(25,26)18-12-17(22(3)14(18)2)19(24)21-16-6-4-5-15(20)11-16/h4-6,11-13H,7-10H2,1-3H3,(H,21,24). The van der Waals surface area contributed by atoms with Crippen LogP contribution in [0.2, 0.25) is 5.02 Å². The number of carbonyl (C=O) groups is 1. The molecular formula is C19H24ClN3O3S. The van der Waals surface area contributed by atoms with Crippen molar-refractivity contribution in [2.24, 2.45) is 13.0 Å². The Morgan fingerprint density at radius 1 is 1.22 bits per heavy atom. The van der Waals surface area contributed by atoms with Crippen LogP contribution in [0.3, 0.4) is 0 Å². The van der Waals surface area contributed by atoms with Crippen molar-refractivity contribution < 1.29 is 13.2 Å². The van der Waals surface area contributed by atoms with Crippen molar-refractivity contribution in [3.8, 4) is 0 Å². The number of benzene rings is 1. The highest BCUT2D eigenvalue weighted by Gasteiger charge is 2.32. The number of carbonyl (C=O) groups excluding carboxylic acids is 1. The number of anilines is 1. The molecule has 1 aromatic heterocycles. The minimum atomic E-state index is -3.62. The second kappa shape index (κ2) is 7.66. The summed E-state index contributed by atoms with van der Waals surface area (Å²) >= 11 is 5.95. The van der Waals surface area contributed by atoms with Gasteiger partial charge in [-0.15, -0.1) is 0 Å². The van der Waals surface area contributed by atoms with Crippen LogP contribution in [0.4, 0.5) is 5.69 Å². The molecule has 1 N–H and O–H groups in total. The molecule has 0 saturated carbocycles. The normalized spacial score (nSPS) is 16.4. The van der Waals surface area contributed by atoms with E-state index < -0.39 is 10.0 Å². The lowest BCUT2D eigenvalue weighted by Gasteiger charge is -2.29. The van der Waals surface area contributed by atoms with Crippen LogP contribution in [0.25, 0.3) is 0 Å². The molecule has 0 atom stereocenters. The monoisotopic (exact) mass is 409 g/mol. The van der Waals surface area contributed by atoms with E-state index in [9.17, 15) is 13.2 Å². The van der Waals surface area contributed by atoms with Crippen LogP contribution in [0.1, 0.15) is 35.9 Å². The van der Waals surface area contributed by atoms with Crippen molar-refractivity contribution in [3.05, 3.63) is 46.7 Å². The van der Waals surface area contributed by atoms with Gasteiger partial charge in [-0.25, -0.2) is 8.42 Å². The summed E-state index contributed by atoms with van der Waals surface area (Å²) in [5, 5.41) is 3.28. The fourth-order valence-corrected chi connectivity index (χ4v) is 5.21. The van der Waals surface area contributed by atoms with E-state index in [-0.39, 0.29) is 16.5 Å². The van der Waals surface area contributed by atoms with Gasteiger partial charge < -0.3 is 9.88 Å². The smallest absolute Gasteiger partial charge is 0.272 e. The first-order valence-electron chi connectivity index (χ1n) is 8.93. The highest BCUT2D eigenvalue weighted by atomic mass is 35.5. The first-order valence-corrected chi connectivity index (χ1v) is 10.8. The molecule has 0 spiro atoms. The Hall–Kier alpha value is -1.83. The summed E-state index contributed by atoms with van der Waals surface area (Å²) in [6.07, 6.45) is 1.71. The molecule has 1 aliphatic rings. The summed E-state index contributed by atoms with van der Waals surface area (Å²) in [6.45, 7) is 4.88. The fraction of sp³-hybridized carbons (Fsp3) is 0.421. The molecule has 8 heteroatoms. The van der Waals surface area contributed by atoms with E-state index in [1.807, 2.05) is 0 Å². The maximum Gasteiger partial charge on any atom is 0.272 e. The lowest BCUT2D eigenvalue weighted by Crippen LogP contribution is -2.38. The van der Waals surface area contributed by atoms with Crippen molar-refractivity contribution in [3.63, 3.8) is 0 Å². The van der Waals surface area contributed by atoms with Crippen LogP contribution in [0.15, 0.2) is 35.2 Å². The Kier molecular flexibility index (Phi) is 5.65. The van der Waals surface area contributed by atoms with E-state index in [0.717, 1.165) is 12.8 Å². The maximum atomic E-state index is 13.1. The van der Waals surface area contributed by atoms with Gasteiger partial charge in [0.15, 0.2) is 0 Å². The number of hydrogen-bond acceptors (Lipinski definition) is 3. The molecule has 1 aliphatic heterocycles. The molecule has 2 heterocycles. The van der Waals surface area contributed by atoms with Crippen LogP contribution < -0.4 is 5.32 Å². The summed E-state index contributed by atoms with van der Waals surface area (Å²) in [7, 11) is -1.93. The lowest BCUT2D eigenvalue weighted by molar-refractivity contribution is 0.101. The summed E-state index contributed by atoms with van der Waals surface area (Å²) < 4.78 is 29.3. The van der Waals surface area contributed by atoms with Gasteiger partial charge in [0.05, 0.1) is 0 Å². The third-order valence-electron chi connectivity index (χ3n) is 5.16. The molecule has 1 aromatic carbocycles. The molecule has 27 heavy (non-hydrogen) atoms. The average Bonchev–Trinajstić information content (AvgIpc) is 2.91. The summed E-state index contributed by atoms with van der Waals surface area (Å²) in [6, 6.07) is 8.28. The molecule has 6 nitrogen and oxygen atoms in total. The van der Waals surface area contributed by atoms with Gasteiger partial charge in [-0.1, -0.05) is 24.6 Å². The second-order valence-electron chi connectivity index (χ2n) is 7.09. The van der Waals surface area contributed by atoms with Gasteiger partial charge in [0, 0.05) is 36.5 Å². The number of sulfonamides is 1. The second-order valence-corrected chi connectivity index (χ2v) is 9.43. The Balaban J connectivity index is 1.88. The molecule has 0 unspecified atom stereocenters. The number of amides is 1. The number of hydrogen-bond donors (Lipinski definition) is 1. The van der Waals surface area contributed by atoms with Gasteiger partial charge in [-0.05, 0) is 49.9 Å². The average molecular weight is 410 g/mol. The van der Waals surface area contributed by atoms with Crippen molar-refractivity contribution in [2.75, 3.05) is 18.4 Å². The largest absolute Gasteiger partial charge is 0.343 e. The van der Waals surface area contributed by atoms with Crippen molar-refractivity contribution in [1.29, 1.82) is 0 Å². The van der Waals surface area contributed by atoms with Crippen molar-refractivity contribution in [2.45, 2.75) is 31.6 Å². The van der Waals surface area contributed by atoms with E-state index >= 15 is 0 Å². The van der Waals surface area contributed by atoms with Gasteiger partial charge in [0.25, 0.3) is 5.91 Å². The maximum absolute atomic E-state index is 13.1. The van der Waals surface area contributed by atoms with E-state index in [4.69, 9.17) is 11.6 Å². The zero-order valence-corrected chi connectivity index (χ0v) is 17.3. The van der Waals surface area contributed by atoms with Crippen molar-refractivity contribution in [1.82, 2.24) is 8.87 Å². The molecule has 1 amide bonds. The SMILES string of the molecule is Cc1c(S(=O)(=O)N2CCC(C)CC2)cc(C(=O)Nc2cccc(Cl)c2)n1C. The summed E-state index contributed by atoms with van der Waals surface area (Å²) in [5.41, 5.74) is 1.39. The quantitative estimate of drug-likeness (QED) is 0.837.